The van der Waals surface area contributed by atoms with Gasteiger partial charge >= 0.3 is 5.97 Å². The standard InChI is InChI=1S/C26H27ClN2O5/c1-4-28-23(30)20-21(24(28)31)26(25(32)34-3)11-6-12-29(26)22(20)16-9-10-18(19(14-16)33-2)15-7-5-8-17(27)13-15/h5,7-10,13-14,20-22H,4,6,11-12H2,1-3H3/t20?,21?,22?,26-/m0/s1. The fourth-order valence-corrected chi connectivity index (χ4v) is 6.55. The molecule has 3 aliphatic rings. The fraction of sp³-hybridized carbons (Fsp3) is 0.423. The van der Waals surface area contributed by atoms with Crippen molar-refractivity contribution >= 4 is 29.4 Å². The Kier molecular flexibility index (Phi) is 5.65. The van der Waals surface area contributed by atoms with Crippen LogP contribution in [-0.4, -0.2) is 60.4 Å². The maximum Gasteiger partial charge on any atom is 0.327 e. The zero-order chi connectivity index (χ0) is 24.2. The molecule has 0 spiro atoms. The predicted octanol–water partition coefficient (Wildman–Crippen LogP) is 3.70. The molecule has 2 aromatic rings. The number of ether oxygens (including phenoxy) is 2. The molecule has 3 fully saturated rings. The van der Waals surface area contributed by atoms with Gasteiger partial charge in [0.1, 0.15) is 11.3 Å². The van der Waals surface area contributed by atoms with Gasteiger partial charge in [-0.3, -0.25) is 24.2 Å². The molecule has 3 unspecified atom stereocenters. The molecule has 0 radical (unpaired) electrons. The lowest BCUT2D eigenvalue weighted by Crippen LogP contribution is -2.54. The fourth-order valence-electron chi connectivity index (χ4n) is 6.36. The van der Waals surface area contributed by atoms with E-state index in [4.69, 9.17) is 21.1 Å². The van der Waals surface area contributed by atoms with Crippen molar-refractivity contribution in [1.82, 2.24) is 9.80 Å². The molecule has 3 saturated heterocycles. The van der Waals surface area contributed by atoms with Gasteiger partial charge in [0.05, 0.1) is 26.1 Å². The number of carbonyl (C=O) groups is 3. The van der Waals surface area contributed by atoms with E-state index in [0.717, 1.165) is 23.1 Å². The number of rotatable bonds is 5. The topological polar surface area (TPSA) is 76.2 Å². The summed E-state index contributed by atoms with van der Waals surface area (Å²) in [5.74, 6) is -1.70. The van der Waals surface area contributed by atoms with E-state index in [9.17, 15) is 14.4 Å². The quantitative estimate of drug-likeness (QED) is 0.478. The zero-order valence-electron chi connectivity index (χ0n) is 19.4. The average molecular weight is 483 g/mol. The summed E-state index contributed by atoms with van der Waals surface area (Å²) < 4.78 is 10.9. The molecule has 4 atom stereocenters. The van der Waals surface area contributed by atoms with Gasteiger partial charge in [0, 0.05) is 23.2 Å². The summed E-state index contributed by atoms with van der Waals surface area (Å²) in [5, 5.41) is 0.622. The molecule has 3 aliphatic heterocycles. The molecule has 0 N–H and O–H groups in total. The monoisotopic (exact) mass is 482 g/mol. The largest absolute Gasteiger partial charge is 0.496 e. The van der Waals surface area contributed by atoms with Crippen LogP contribution in [0.25, 0.3) is 11.1 Å². The van der Waals surface area contributed by atoms with Crippen LogP contribution in [0.5, 0.6) is 5.75 Å². The second-order valence-electron chi connectivity index (χ2n) is 9.05. The molecule has 34 heavy (non-hydrogen) atoms. The van der Waals surface area contributed by atoms with Crippen molar-refractivity contribution < 1.29 is 23.9 Å². The minimum atomic E-state index is -1.13. The predicted molar refractivity (Wildman–Crippen MR) is 126 cm³/mol. The minimum absolute atomic E-state index is 0.224. The van der Waals surface area contributed by atoms with E-state index in [1.807, 2.05) is 47.4 Å². The number of halogens is 1. The number of esters is 1. The first kappa shape index (κ1) is 22.9. The van der Waals surface area contributed by atoms with Crippen LogP contribution in [0.3, 0.4) is 0 Å². The molecule has 3 heterocycles. The van der Waals surface area contributed by atoms with Gasteiger partial charge in [0.25, 0.3) is 0 Å². The summed E-state index contributed by atoms with van der Waals surface area (Å²) in [5.41, 5.74) is 1.49. The number of carbonyl (C=O) groups excluding carboxylic acids is 3. The van der Waals surface area contributed by atoms with Crippen LogP contribution in [0.1, 0.15) is 31.4 Å². The number of benzene rings is 2. The van der Waals surface area contributed by atoms with Gasteiger partial charge in [0.15, 0.2) is 0 Å². The van der Waals surface area contributed by atoms with Crippen LogP contribution in [-0.2, 0) is 19.1 Å². The molecule has 2 aromatic carbocycles. The first-order chi connectivity index (χ1) is 16.4. The maximum absolute atomic E-state index is 13.5. The van der Waals surface area contributed by atoms with Gasteiger partial charge in [-0.05, 0) is 55.6 Å². The number of hydrogen-bond donors (Lipinski definition) is 0. The van der Waals surface area contributed by atoms with Crippen LogP contribution >= 0.6 is 11.6 Å². The van der Waals surface area contributed by atoms with E-state index in [2.05, 4.69) is 0 Å². The Balaban J connectivity index is 1.65. The van der Waals surface area contributed by atoms with Crippen molar-refractivity contribution in [2.45, 2.75) is 31.3 Å². The lowest BCUT2D eigenvalue weighted by Gasteiger charge is -2.36. The zero-order valence-corrected chi connectivity index (χ0v) is 20.2. The van der Waals surface area contributed by atoms with Crippen LogP contribution < -0.4 is 4.74 Å². The Bertz CT molecular complexity index is 1180. The lowest BCUT2D eigenvalue weighted by molar-refractivity contribution is -0.159. The summed E-state index contributed by atoms with van der Waals surface area (Å²) in [4.78, 5) is 43.4. The number of likely N-dealkylation sites (tertiary alicyclic amines) is 1. The number of amides is 2. The van der Waals surface area contributed by atoms with Gasteiger partial charge in [-0.2, -0.15) is 0 Å². The highest BCUT2D eigenvalue weighted by atomic mass is 35.5. The van der Waals surface area contributed by atoms with Crippen molar-refractivity contribution in [2.24, 2.45) is 11.8 Å². The first-order valence-corrected chi connectivity index (χ1v) is 11.9. The third-order valence-electron chi connectivity index (χ3n) is 7.66. The van der Waals surface area contributed by atoms with Crippen LogP contribution in [0.4, 0.5) is 0 Å². The van der Waals surface area contributed by atoms with Crippen molar-refractivity contribution in [3.63, 3.8) is 0 Å². The van der Waals surface area contributed by atoms with E-state index in [1.54, 1.807) is 14.0 Å². The van der Waals surface area contributed by atoms with Gasteiger partial charge in [-0.1, -0.05) is 35.9 Å². The lowest BCUT2D eigenvalue weighted by atomic mass is 9.77. The molecule has 178 valence electrons. The SMILES string of the molecule is CCN1C(=O)C2C(c3ccc(-c4cccc(Cl)c4)c(OC)c3)N3CCC[C@@]3(C(=O)OC)C2C1=O. The molecule has 2 amide bonds. The van der Waals surface area contributed by atoms with Gasteiger partial charge < -0.3 is 9.47 Å². The Morgan fingerprint density at radius 3 is 2.62 bits per heavy atom. The van der Waals surface area contributed by atoms with Gasteiger partial charge in [-0.15, -0.1) is 0 Å². The normalized spacial score (nSPS) is 28.2. The van der Waals surface area contributed by atoms with Crippen molar-refractivity contribution in [3.8, 4) is 16.9 Å². The summed E-state index contributed by atoms with van der Waals surface area (Å²) in [6.07, 6.45) is 1.24. The highest BCUT2D eigenvalue weighted by Crippen LogP contribution is 2.59. The Hall–Kier alpha value is -2.90. The minimum Gasteiger partial charge on any atom is -0.496 e. The first-order valence-electron chi connectivity index (χ1n) is 11.5. The molecule has 8 heteroatoms. The smallest absolute Gasteiger partial charge is 0.327 e. The molecule has 0 bridgehead atoms. The number of fused-ring (bicyclic) bond motifs is 3. The van der Waals surface area contributed by atoms with Gasteiger partial charge in [0.2, 0.25) is 11.8 Å². The summed E-state index contributed by atoms with van der Waals surface area (Å²) >= 11 is 6.20. The molecule has 0 saturated carbocycles. The van der Waals surface area contributed by atoms with Gasteiger partial charge in [-0.25, -0.2) is 0 Å². The maximum atomic E-state index is 13.5. The van der Waals surface area contributed by atoms with Crippen molar-refractivity contribution in [2.75, 3.05) is 27.3 Å². The highest BCUT2D eigenvalue weighted by Gasteiger charge is 2.73. The molecule has 0 aromatic heterocycles. The van der Waals surface area contributed by atoms with Crippen molar-refractivity contribution in [3.05, 3.63) is 53.1 Å². The van der Waals surface area contributed by atoms with E-state index in [1.165, 1.54) is 12.0 Å². The number of methoxy groups -OCH3 is 2. The third kappa shape index (κ3) is 3.03. The second-order valence-corrected chi connectivity index (χ2v) is 9.49. The average Bonchev–Trinajstić information content (AvgIpc) is 3.46. The van der Waals surface area contributed by atoms with E-state index >= 15 is 0 Å². The summed E-state index contributed by atoms with van der Waals surface area (Å²) in [6.45, 7) is 2.68. The number of imide groups is 1. The molecular formula is C26H27ClN2O5. The van der Waals surface area contributed by atoms with Crippen molar-refractivity contribution in [1.29, 1.82) is 0 Å². The molecule has 5 rings (SSSR count). The summed E-state index contributed by atoms with van der Waals surface area (Å²) in [7, 11) is 2.94. The van der Waals surface area contributed by atoms with E-state index in [0.29, 0.717) is 23.7 Å². The molecule has 0 aliphatic carbocycles. The Morgan fingerprint density at radius 2 is 1.94 bits per heavy atom. The van der Waals surface area contributed by atoms with Crippen LogP contribution in [0.15, 0.2) is 42.5 Å². The highest BCUT2D eigenvalue weighted by molar-refractivity contribution is 6.30. The number of nitrogens with zero attached hydrogens (tertiary/aromatic N) is 2. The summed E-state index contributed by atoms with van der Waals surface area (Å²) in [6, 6.07) is 12.9. The van der Waals surface area contributed by atoms with E-state index in [-0.39, 0.29) is 18.4 Å². The second kappa shape index (κ2) is 8.40. The van der Waals surface area contributed by atoms with E-state index < -0.39 is 29.4 Å². The third-order valence-corrected chi connectivity index (χ3v) is 7.90. The molecule has 7 nitrogen and oxygen atoms in total. The van der Waals surface area contributed by atoms with Crippen LogP contribution in [0, 0.1) is 11.8 Å². The number of hydrogen-bond acceptors (Lipinski definition) is 6. The Labute approximate surface area is 203 Å². The molecular weight excluding hydrogens is 456 g/mol. The Morgan fingerprint density at radius 1 is 1.15 bits per heavy atom. The van der Waals surface area contributed by atoms with Crippen LogP contribution in [0.2, 0.25) is 5.02 Å².